The standard InChI is InChI=1S/C20H29N3O5/c1-13(2)18(25)22(5)12-16-6-8-17(9-7-16)19(26)23(14(3)20(27)28)11-10-21-15(4)24/h6-9,13-14H,10-12H2,1-5H3,(H,21,24)(H,27,28). The van der Waals surface area contributed by atoms with Gasteiger partial charge < -0.3 is 20.2 Å². The fourth-order valence-corrected chi connectivity index (χ4v) is 2.67. The Morgan fingerprint density at radius 2 is 1.64 bits per heavy atom. The van der Waals surface area contributed by atoms with E-state index in [-0.39, 0.29) is 30.8 Å². The second-order valence-corrected chi connectivity index (χ2v) is 7.04. The van der Waals surface area contributed by atoms with E-state index in [1.807, 2.05) is 13.8 Å². The van der Waals surface area contributed by atoms with Gasteiger partial charge in [-0.05, 0) is 24.6 Å². The first-order valence-electron chi connectivity index (χ1n) is 9.16. The third kappa shape index (κ3) is 6.68. The zero-order valence-electron chi connectivity index (χ0n) is 17.1. The number of carboxylic acid groups (broad SMARTS) is 1. The maximum Gasteiger partial charge on any atom is 0.326 e. The average molecular weight is 391 g/mol. The Hall–Kier alpha value is -2.90. The predicted molar refractivity (Wildman–Crippen MR) is 105 cm³/mol. The van der Waals surface area contributed by atoms with Crippen molar-refractivity contribution in [2.24, 2.45) is 5.92 Å². The van der Waals surface area contributed by atoms with Crippen LogP contribution >= 0.6 is 0 Å². The molecule has 1 atom stereocenters. The number of nitrogens with zero attached hydrogens (tertiary/aromatic N) is 2. The highest BCUT2D eigenvalue weighted by atomic mass is 16.4. The van der Waals surface area contributed by atoms with Gasteiger partial charge in [-0.3, -0.25) is 14.4 Å². The van der Waals surface area contributed by atoms with Crippen LogP contribution in [0.3, 0.4) is 0 Å². The minimum atomic E-state index is -1.12. The van der Waals surface area contributed by atoms with Crippen molar-refractivity contribution in [1.82, 2.24) is 15.1 Å². The largest absolute Gasteiger partial charge is 0.480 e. The molecule has 0 spiro atoms. The molecule has 1 unspecified atom stereocenters. The number of hydrogen-bond acceptors (Lipinski definition) is 4. The normalized spacial score (nSPS) is 11.6. The molecule has 0 aliphatic heterocycles. The van der Waals surface area contributed by atoms with Crippen LogP contribution in [-0.2, 0) is 20.9 Å². The van der Waals surface area contributed by atoms with Crippen LogP contribution in [0.5, 0.6) is 0 Å². The second-order valence-electron chi connectivity index (χ2n) is 7.04. The van der Waals surface area contributed by atoms with Crippen molar-refractivity contribution in [2.45, 2.75) is 40.3 Å². The van der Waals surface area contributed by atoms with Gasteiger partial charge >= 0.3 is 5.97 Å². The maximum atomic E-state index is 12.8. The second kappa shape index (κ2) is 10.4. The summed E-state index contributed by atoms with van der Waals surface area (Å²) < 4.78 is 0. The topological polar surface area (TPSA) is 107 Å². The first-order valence-corrected chi connectivity index (χ1v) is 9.16. The molecule has 8 heteroatoms. The summed E-state index contributed by atoms with van der Waals surface area (Å²) >= 11 is 0. The molecule has 154 valence electrons. The molecule has 0 saturated heterocycles. The van der Waals surface area contributed by atoms with Gasteiger partial charge in [-0.25, -0.2) is 4.79 Å². The van der Waals surface area contributed by atoms with Gasteiger partial charge in [-0.15, -0.1) is 0 Å². The van der Waals surface area contributed by atoms with Crippen LogP contribution < -0.4 is 5.32 Å². The lowest BCUT2D eigenvalue weighted by Crippen LogP contribution is -2.46. The molecule has 2 N–H and O–H groups in total. The van der Waals surface area contributed by atoms with Gasteiger partial charge in [-0.1, -0.05) is 26.0 Å². The molecule has 0 saturated carbocycles. The van der Waals surface area contributed by atoms with E-state index in [0.29, 0.717) is 12.1 Å². The fourth-order valence-electron chi connectivity index (χ4n) is 2.67. The lowest BCUT2D eigenvalue weighted by Gasteiger charge is -2.27. The molecule has 0 aliphatic rings. The van der Waals surface area contributed by atoms with Crippen LogP contribution in [0.15, 0.2) is 24.3 Å². The molecule has 0 aliphatic carbocycles. The number of aliphatic carboxylic acids is 1. The van der Waals surface area contributed by atoms with Crippen LogP contribution in [-0.4, -0.2) is 64.8 Å². The van der Waals surface area contributed by atoms with Crippen molar-refractivity contribution >= 4 is 23.7 Å². The monoisotopic (exact) mass is 391 g/mol. The van der Waals surface area contributed by atoms with E-state index in [9.17, 15) is 24.3 Å². The van der Waals surface area contributed by atoms with Crippen LogP contribution in [0.25, 0.3) is 0 Å². The Morgan fingerprint density at radius 1 is 1.07 bits per heavy atom. The summed E-state index contributed by atoms with van der Waals surface area (Å²) in [5.74, 6) is -1.88. The molecule has 1 rings (SSSR count). The summed E-state index contributed by atoms with van der Waals surface area (Å²) in [5.41, 5.74) is 1.21. The average Bonchev–Trinajstić information content (AvgIpc) is 2.63. The highest BCUT2D eigenvalue weighted by Gasteiger charge is 2.26. The van der Waals surface area contributed by atoms with Crippen molar-refractivity contribution in [3.05, 3.63) is 35.4 Å². The van der Waals surface area contributed by atoms with Gasteiger partial charge in [-0.2, -0.15) is 0 Å². The van der Waals surface area contributed by atoms with Gasteiger partial charge in [0.25, 0.3) is 5.91 Å². The summed E-state index contributed by atoms with van der Waals surface area (Å²) in [6.45, 7) is 7.11. The molecule has 8 nitrogen and oxygen atoms in total. The quantitative estimate of drug-likeness (QED) is 0.661. The van der Waals surface area contributed by atoms with Crippen molar-refractivity contribution < 1.29 is 24.3 Å². The Labute approximate surface area is 165 Å². The fraction of sp³-hybridized carbons (Fsp3) is 0.500. The van der Waals surface area contributed by atoms with Crippen molar-refractivity contribution in [3.8, 4) is 0 Å². The van der Waals surface area contributed by atoms with Gasteiger partial charge in [0.1, 0.15) is 6.04 Å². The molecule has 3 amide bonds. The van der Waals surface area contributed by atoms with E-state index in [0.717, 1.165) is 5.56 Å². The molecule has 0 radical (unpaired) electrons. The van der Waals surface area contributed by atoms with Crippen LogP contribution in [0, 0.1) is 5.92 Å². The zero-order chi connectivity index (χ0) is 21.4. The van der Waals surface area contributed by atoms with Gasteiger partial charge in [0.05, 0.1) is 0 Å². The van der Waals surface area contributed by atoms with Crippen LogP contribution in [0.1, 0.15) is 43.6 Å². The van der Waals surface area contributed by atoms with Gasteiger partial charge in [0, 0.05) is 45.1 Å². The molecule has 1 aromatic rings. The van der Waals surface area contributed by atoms with Crippen LogP contribution in [0.4, 0.5) is 0 Å². The Morgan fingerprint density at radius 3 is 2.11 bits per heavy atom. The van der Waals surface area contributed by atoms with Crippen molar-refractivity contribution in [1.29, 1.82) is 0 Å². The number of benzene rings is 1. The van der Waals surface area contributed by atoms with Crippen molar-refractivity contribution in [3.63, 3.8) is 0 Å². The van der Waals surface area contributed by atoms with Gasteiger partial charge in [0.2, 0.25) is 11.8 Å². The lowest BCUT2D eigenvalue weighted by molar-refractivity contribution is -0.141. The Bertz CT molecular complexity index is 715. The molecule has 0 aromatic heterocycles. The summed E-state index contributed by atoms with van der Waals surface area (Å²) in [4.78, 5) is 50.0. The van der Waals surface area contributed by atoms with E-state index in [1.165, 1.54) is 18.7 Å². The molecule has 28 heavy (non-hydrogen) atoms. The Kier molecular flexibility index (Phi) is 8.63. The summed E-state index contributed by atoms with van der Waals surface area (Å²) in [6.07, 6.45) is 0. The number of rotatable bonds is 9. The highest BCUT2D eigenvalue weighted by molar-refractivity contribution is 5.96. The molecule has 0 fully saturated rings. The summed E-state index contributed by atoms with van der Waals surface area (Å²) in [7, 11) is 1.72. The third-order valence-electron chi connectivity index (χ3n) is 4.30. The number of nitrogens with one attached hydrogen (secondary N) is 1. The summed E-state index contributed by atoms with van der Waals surface area (Å²) in [6, 6.07) is 5.69. The van der Waals surface area contributed by atoms with E-state index < -0.39 is 17.9 Å². The smallest absolute Gasteiger partial charge is 0.326 e. The highest BCUT2D eigenvalue weighted by Crippen LogP contribution is 2.13. The molecule has 0 bridgehead atoms. The van der Waals surface area contributed by atoms with E-state index in [2.05, 4.69) is 5.32 Å². The van der Waals surface area contributed by atoms with Crippen molar-refractivity contribution in [2.75, 3.05) is 20.1 Å². The maximum absolute atomic E-state index is 12.8. The number of carboxylic acids is 1. The minimum Gasteiger partial charge on any atom is -0.480 e. The van der Waals surface area contributed by atoms with E-state index >= 15 is 0 Å². The number of hydrogen-bond donors (Lipinski definition) is 2. The SMILES string of the molecule is CC(=O)NCCN(C(=O)c1ccc(CN(C)C(=O)C(C)C)cc1)C(C)C(=O)O. The van der Waals surface area contributed by atoms with E-state index in [1.54, 1.807) is 36.2 Å². The van der Waals surface area contributed by atoms with Gasteiger partial charge in [0.15, 0.2) is 0 Å². The molecule has 1 aromatic carbocycles. The molecular formula is C20H29N3O5. The predicted octanol–water partition coefficient (Wildman–Crippen LogP) is 1.35. The zero-order valence-corrected chi connectivity index (χ0v) is 17.1. The molecular weight excluding hydrogens is 362 g/mol. The third-order valence-corrected chi connectivity index (χ3v) is 4.30. The van der Waals surface area contributed by atoms with E-state index in [4.69, 9.17) is 0 Å². The molecule has 0 heterocycles. The lowest BCUT2D eigenvalue weighted by atomic mass is 10.1. The van der Waals surface area contributed by atoms with Crippen LogP contribution in [0.2, 0.25) is 0 Å². The minimum absolute atomic E-state index is 0.0274. The number of carbonyl (C=O) groups is 4. The Balaban J connectivity index is 2.89. The first kappa shape index (κ1) is 23.1. The number of amides is 3. The summed E-state index contributed by atoms with van der Waals surface area (Å²) in [5, 5.41) is 11.8. The number of carbonyl (C=O) groups excluding carboxylic acids is 3. The first-order chi connectivity index (χ1) is 13.0.